The van der Waals surface area contributed by atoms with E-state index in [4.69, 9.17) is 4.74 Å². The lowest BCUT2D eigenvalue weighted by atomic mass is 9.82. The van der Waals surface area contributed by atoms with Gasteiger partial charge in [-0.3, -0.25) is 0 Å². The van der Waals surface area contributed by atoms with E-state index in [-0.39, 0.29) is 5.60 Å². The molecule has 88 valence electrons. The van der Waals surface area contributed by atoms with Crippen molar-refractivity contribution in [2.75, 3.05) is 0 Å². The Hall–Kier alpha value is -1.50. The zero-order valence-electron chi connectivity index (χ0n) is 10.7. The van der Waals surface area contributed by atoms with Crippen molar-refractivity contribution < 1.29 is 4.74 Å². The first-order valence-electron chi connectivity index (χ1n) is 6.27. The van der Waals surface area contributed by atoms with Gasteiger partial charge in [0.15, 0.2) is 0 Å². The van der Waals surface area contributed by atoms with Gasteiger partial charge >= 0.3 is 0 Å². The van der Waals surface area contributed by atoms with Gasteiger partial charge in [0.1, 0.15) is 11.4 Å². The smallest absolute Gasteiger partial charge is 0.123 e. The fourth-order valence-electron chi connectivity index (χ4n) is 2.56. The van der Waals surface area contributed by atoms with Crippen molar-refractivity contribution in [3.05, 3.63) is 42.0 Å². The summed E-state index contributed by atoms with van der Waals surface area (Å²) >= 11 is 0. The van der Waals surface area contributed by atoms with Crippen molar-refractivity contribution in [1.82, 2.24) is 0 Å². The molecule has 1 heterocycles. The van der Waals surface area contributed by atoms with Crippen LogP contribution in [0.15, 0.2) is 36.4 Å². The van der Waals surface area contributed by atoms with Crippen molar-refractivity contribution in [3.63, 3.8) is 0 Å². The van der Waals surface area contributed by atoms with E-state index in [1.54, 1.807) is 0 Å². The van der Waals surface area contributed by atoms with Gasteiger partial charge in [-0.1, -0.05) is 37.3 Å². The number of ether oxygens (including phenoxy) is 1. The van der Waals surface area contributed by atoms with Crippen LogP contribution in [-0.4, -0.2) is 5.60 Å². The molecule has 0 bridgehead atoms. The van der Waals surface area contributed by atoms with Crippen molar-refractivity contribution in [1.29, 1.82) is 0 Å². The molecule has 1 unspecified atom stereocenters. The predicted molar refractivity (Wildman–Crippen MR) is 71.5 cm³/mol. The molecular formula is C16H18O. The first-order chi connectivity index (χ1) is 8.08. The van der Waals surface area contributed by atoms with E-state index in [0.717, 1.165) is 12.2 Å². The third-order valence-corrected chi connectivity index (χ3v) is 4.07. The van der Waals surface area contributed by atoms with E-state index < -0.39 is 0 Å². The molecule has 0 N–H and O–H groups in total. The molecule has 0 radical (unpaired) electrons. The van der Waals surface area contributed by atoms with Crippen LogP contribution in [0.1, 0.15) is 26.3 Å². The van der Waals surface area contributed by atoms with Crippen molar-refractivity contribution >= 4 is 10.8 Å². The summed E-state index contributed by atoms with van der Waals surface area (Å²) in [6.45, 7) is 6.62. The van der Waals surface area contributed by atoms with Crippen molar-refractivity contribution in [2.24, 2.45) is 5.92 Å². The molecule has 1 aliphatic heterocycles. The van der Waals surface area contributed by atoms with Crippen LogP contribution in [0.4, 0.5) is 0 Å². The average molecular weight is 226 g/mol. The number of rotatable bonds is 0. The molecule has 1 heteroatoms. The van der Waals surface area contributed by atoms with E-state index in [2.05, 4.69) is 57.2 Å². The number of hydrogen-bond donors (Lipinski definition) is 0. The van der Waals surface area contributed by atoms with E-state index in [1.165, 1.54) is 16.3 Å². The maximum absolute atomic E-state index is 6.14. The maximum atomic E-state index is 6.14. The second-order valence-corrected chi connectivity index (χ2v) is 5.57. The summed E-state index contributed by atoms with van der Waals surface area (Å²) in [5, 5.41) is 2.65. The van der Waals surface area contributed by atoms with Crippen LogP contribution in [0.2, 0.25) is 0 Å². The summed E-state index contributed by atoms with van der Waals surface area (Å²) in [6.07, 6.45) is 1.10. The van der Waals surface area contributed by atoms with Gasteiger partial charge in [-0.15, -0.1) is 0 Å². The Labute approximate surface area is 102 Å². The Bertz CT molecular complexity index is 569. The summed E-state index contributed by atoms with van der Waals surface area (Å²) in [4.78, 5) is 0. The second-order valence-electron chi connectivity index (χ2n) is 5.57. The highest BCUT2D eigenvalue weighted by molar-refractivity contribution is 5.88. The standard InChI is InChI=1S/C16H18O/c1-11-10-14-13-7-5-4-6-12(13)8-9-15(14)17-16(11,2)3/h4-9,11H,10H2,1-3H3. The normalized spacial score (nSPS) is 21.9. The van der Waals surface area contributed by atoms with Crippen LogP contribution in [-0.2, 0) is 6.42 Å². The Morgan fingerprint density at radius 2 is 1.88 bits per heavy atom. The molecule has 0 spiro atoms. The molecule has 2 aromatic rings. The predicted octanol–water partition coefficient (Wildman–Crippen LogP) is 4.19. The molecule has 0 aromatic heterocycles. The molecule has 17 heavy (non-hydrogen) atoms. The van der Waals surface area contributed by atoms with Crippen molar-refractivity contribution in [3.8, 4) is 5.75 Å². The molecule has 1 atom stereocenters. The zero-order chi connectivity index (χ0) is 12.0. The Balaban J connectivity index is 2.22. The van der Waals surface area contributed by atoms with Gasteiger partial charge < -0.3 is 4.74 Å². The largest absolute Gasteiger partial charge is 0.487 e. The second kappa shape index (κ2) is 3.49. The summed E-state index contributed by atoms with van der Waals surface area (Å²) in [5.41, 5.74) is 1.31. The third kappa shape index (κ3) is 1.61. The van der Waals surface area contributed by atoms with Crippen LogP contribution in [0.25, 0.3) is 10.8 Å². The molecular weight excluding hydrogens is 208 g/mol. The van der Waals surface area contributed by atoms with E-state index in [0.29, 0.717) is 5.92 Å². The highest BCUT2D eigenvalue weighted by Crippen LogP contribution is 2.40. The number of fused-ring (bicyclic) bond motifs is 3. The highest BCUT2D eigenvalue weighted by Gasteiger charge is 2.34. The summed E-state index contributed by atoms with van der Waals surface area (Å²) < 4.78 is 6.14. The van der Waals surface area contributed by atoms with Gasteiger partial charge in [0.05, 0.1) is 0 Å². The van der Waals surface area contributed by atoms with Gasteiger partial charge in [-0.25, -0.2) is 0 Å². The van der Waals surface area contributed by atoms with Gasteiger partial charge in [-0.05, 0) is 43.0 Å². The highest BCUT2D eigenvalue weighted by atomic mass is 16.5. The monoisotopic (exact) mass is 226 g/mol. The van der Waals surface area contributed by atoms with Crippen LogP contribution >= 0.6 is 0 Å². The molecule has 0 aliphatic carbocycles. The minimum Gasteiger partial charge on any atom is -0.487 e. The van der Waals surface area contributed by atoms with Crippen molar-refractivity contribution in [2.45, 2.75) is 32.8 Å². The maximum Gasteiger partial charge on any atom is 0.123 e. The molecule has 1 aliphatic rings. The average Bonchev–Trinajstić information content (AvgIpc) is 2.30. The molecule has 1 nitrogen and oxygen atoms in total. The zero-order valence-corrected chi connectivity index (χ0v) is 10.7. The first kappa shape index (κ1) is 10.6. The van der Waals surface area contributed by atoms with Gasteiger partial charge in [0, 0.05) is 5.56 Å². The Kier molecular flexibility index (Phi) is 2.19. The minimum atomic E-state index is -0.0601. The molecule has 0 saturated carbocycles. The summed E-state index contributed by atoms with van der Waals surface area (Å²) in [6, 6.07) is 12.8. The third-order valence-electron chi connectivity index (χ3n) is 4.07. The van der Waals surface area contributed by atoms with E-state index >= 15 is 0 Å². The minimum absolute atomic E-state index is 0.0601. The van der Waals surface area contributed by atoms with Crippen LogP contribution < -0.4 is 4.74 Å². The summed E-state index contributed by atoms with van der Waals surface area (Å²) in [7, 11) is 0. The number of benzene rings is 2. The van der Waals surface area contributed by atoms with Gasteiger partial charge in [0.25, 0.3) is 0 Å². The van der Waals surface area contributed by atoms with Gasteiger partial charge in [0.2, 0.25) is 0 Å². The lowest BCUT2D eigenvalue weighted by molar-refractivity contribution is 0.0360. The first-order valence-corrected chi connectivity index (χ1v) is 6.27. The van der Waals surface area contributed by atoms with E-state index in [1.807, 2.05) is 0 Å². The Morgan fingerprint density at radius 3 is 2.71 bits per heavy atom. The quantitative estimate of drug-likeness (QED) is 0.654. The lowest BCUT2D eigenvalue weighted by Crippen LogP contribution is -2.40. The SMILES string of the molecule is CC1Cc2c(ccc3ccccc23)OC1(C)C. The fourth-order valence-corrected chi connectivity index (χ4v) is 2.56. The summed E-state index contributed by atoms with van der Waals surface area (Å²) in [5.74, 6) is 1.60. The van der Waals surface area contributed by atoms with Gasteiger partial charge in [-0.2, -0.15) is 0 Å². The molecule has 0 fully saturated rings. The lowest BCUT2D eigenvalue weighted by Gasteiger charge is -2.38. The van der Waals surface area contributed by atoms with E-state index in [9.17, 15) is 0 Å². The van der Waals surface area contributed by atoms with Crippen LogP contribution in [0.5, 0.6) is 5.75 Å². The fraction of sp³-hybridized carbons (Fsp3) is 0.375. The molecule has 2 aromatic carbocycles. The van der Waals surface area contributed by atoms with Crippen LogP contribution in [0, 0.1) is 5.92 Å². The topological polar surface area (TPSA) is 9.23 Å². The molecule has 0 amide bonds. The molecule has 3 rings (SSSR count). The Morgan fingerprint density at radius 1 is 1.12 bits per heavy atom. The number of hydrogen-bond acceptors (Lipinski definition) is 1. The molecule has 0 saturated heterocycles. The van der Waals surface area contributed by atoms with Crippen LogP contribution in [0.3, 0.4) is 0 Å².